The van der Waals surface area contributed by atoms with Gasteiger partial charge >= 0.3 is 0 Å². The molecule has 0 unspecified atom stereocenters. The van der Waals surface area contributed by atoms with Gasteiger partial charge in [0.05, 0.1) is 12.2 Å². The fourth-order valence-electron chi connectivity index (χ4n) is 3.96. The Morgan fingerprint density at radius 2 is 1.14 bits per heavy atom. The first-order valence-electron chi connectivity index (χ1n) is 10.2. The second-order valence-corrected chi connectivity index (χ2v) is 13.5. The molecular formula is C26H32O2Si. The average molecular weight is 405 g/mol. The van der Waals surface area contributed by atoms with Crippen LogP contribution in [-0.2, 0) is 16.6 Å². The summed E-state index contributed by atoms with van der Waals surface area (Å²) in [5, 5.41) is 12.7. The van der Waals surface area contributed by atoms with Crippen molar-refractivity contribution in [1.29, 1.82) is 0 Å². The first kappa shape index (κ1) is 21.5. The SMILES string of the molecule is CC(C)(O)c1ccc(CO[Si](c2ccccc2)(c2ccccc2)C(C)(C)C)cc1. The second-order valence-electron chi connectivity index (χ2n) is 9.21. The Hall–Kier alpha value is -2.20. The standard InChI is InChI=1S/C26H32O2Si/c1-25(2,3)29(23-12-8-6-9-13-23,24-14-10-7-11-15-24)28-20-21-16-18-22(19-17-21)26(4,5)27/h6-19,27H,20H2,1-5H3. The maximum Gasteiger partial charge on any atom is 0.261 e. The highest BCUT2D eigenvalue weighted by molar-refractivity contribution is 6.99. The molecule has 3 aromatic rings. The van der Waals surface area contributed by atoms with Crippen LogP contribution in [0.3, 0.4) is 0 Å². The van der Waals surface area contributed by atoms with Gasteiger partial charge < -0.3 is 9.53 Å². The molecule has 3 aromatic carbocycles. The summed E-state index contributed by atoms with van der Waals surface area (Å²) in [6.45, 7) is 11.0. The molecule has 0 amide bonds. The number of benzene rings is 3. The van der Waals surface area contributed by atoms with Gasteiger partial charge in [0.25, 0.3) is 8.32 Å². The molecule has 0 bridgehead atoms. The Morgan fingerprint density at radius 1 is 0.690 bits per heavy atom. The number of hydrogen-bond acceptors (Lipinski definition) is 2. The molecule has 0 aromatic heterocycles. The van der Waals surface area contributed by atoms with Gasteiger partial charge in [-0.25, -0.2) is 0 Å². The Labute approximate surface area is 176 Å². The van der Waals surface area contributed by atoms with E-state index in [2.05, 4.69) is 93.6 Å². The van der Waals surface area contributed by atoms with Crippen molar-refractivity contribution in [3.63, 3.8) is 0 Å². The predicted octanol–water partition coefficient (Wildman–Crippen LogP) is 4.99. The van der Waals surface area contributed by atoms with Crippen LogP contribution in [-0.4, -0.2) is 13.4 Å². The van der Waals surface area contributed by atoms with E-state index in [-0.39, 0.29) is 5.04 Å². The highest BCUT2D eigenvalue weighted by Crippen LogP contribution is 2.37. The summed E-state index contributed by atoms with van der Waals surface area (Å²) in [6.07, 6.45) is 0. The van der Waals surface area contributed by atoms with Gasteiger partial charge in [0.15, 0.2) is 0 Å². The molecule has 0 heterocycles. The molecule has 1 N–H and O–H groups in total. The lowest BCUT2D eigenvalue weighted by Crippen LogP contribution is -2.66. The summed E-state index contributed by atoms with van der Waals surface area (Å²) in [7, 11) is -2.53. The van der Waals surface area contributed by atoms with E-state index in [1.54, 1.807) is 13.8 Å². The van der Waals surface area contributed by atoms with E-state index in [0.29, 0.717) is 6.61 Å². The minimum atomic E-state index is -2.53. The first-order valence-corrected chi connectivity index (χ1v) is 12.1. The minimum Gasteiger partial charge on any atom is -0.403 e. The van der Waals surface area contributed by atoms with Crippen LogP contribution in [0, 0.1) is 0 Å². The summed E-state index contributed by atoms with van der Waals surface area (Å²) in [5.74, 6) is 0. The molecule has 0 aliphatic heterocycles. The van der Waals surface area contributed by atoms with Gasteiger partial charge in [-0.2, -0.15) is 0 Å². The molecule has 2 nitrogen and oxygen atoms in total. The quantitative estimate of drug-likeness (QED) is 0.587. The van der Waals surface area contributed by atoms with Gasteiger partial charge in [0.2, 0.25) is 0 Å². The molecule has 0 radical (unpaired) electrons. The molecule has 0 fully saturated rings. The van der Waals surface area contributed by atoms with Gasteiger partial charge in [0, 0.05) is 0 Å². The smallest absolute Gasteiger partial charge is 0.261 e. The summed E-state index contributed by atoms with van der Waals surface area (Å²) >= 11 is 0. The van der Waals surface area contributed by atoms with Crippen molar-refractivity contribution in [1.82, 2.24) is 0 Å². The third-order valence-electron chi connectivity index (χ3n) is 5.53. The van der Waals surface area contributed by atoms with Crippen molar-refractivity contribution < 1.29 is 9.53 Å². The highest BCUT2D eigenvalue weighted by atomic mass is 28.4. The molecule has 3 heteroatoms. The molecule has 29 heavy (non-hydrogen) atoms. The van der Waals surface area contributed by atoms with Gasteiger partial charge in [0.1, 0.15) is 0 Å². The molecule has 152 valence electrons. The fraction of sp³-hybridized carbons (Fsp3) is 0.308. The maximum atomic E-state index is 10.2. The third kappa shape index (κ3) is 4.53. The maximum absolute atomic E-state index is 10.2. The summed E-state index contributed by atoms with van der Waals surface area (Å²) in [4.78, 5) is 0. The van der Waals surface area contributed by atoms with Crippen LogP contribution in [0.4, 0.5) is 0 Å². The zero-order valence-corrected chi connectivity index (χ0v) is 19.1. The average Bonchev–Trinajstić information content (AvgIpc) is 2.69. The topological polar surface area (TPSA) is 29.5 Å². The van der Waals surface area contributed by atoms with Crippen LogP contribution in [0.1, 0.15) is 45.7 Å². The van der Waals surface area contributed by atoms with Crippen LogP contribution in [0.15, 0.2) is 84.9 Å². The fourth-order valence-corrected chi connectivity index (χ4v) is 8.50. The van der Waals surface area contributed by atoms with Crippen molar-refractivity contribution in [3.8, 4) is 0 Å². The monoisotopic (exact) mass is 404 g/mol. The number of hydrogen-bond donors (Lipinski definition) is 1. The van der Waals surface area contributed by atoms with Crippen molar-refractivity contribution in [2.45, 2.75) is 51.9 Å². The predicted molar refractivity (Wildman–Crippen MR) is 124 cm³/mol. The molecule has 0 aliphatic carbocycles. The molecule has 0 aliphatic rings. The van der Waals surface area contributed by atoms with Crippen molar-refractivity contribution in [2.75, 3.05) is 0 Å². The van der Waals surface area contributed by atoms with Gasteiger partial charge in [-0.05, 0) is 40.4 Å². The Balaban J connectivity index is 2.02. The molecule has 0 saturated carbocycles. The largest absolute Gasteiger partial charge is 0.403 e. The van der Waals surface area contributed by atoms with E-state index in [0.717, 1.165) is 11.1 Å². The van der Waals surface area contributed by atoms with Crippen LogP contribution >= 0.6 is 0 Å². The lowest BCUT2D eigenvalue weighted by atomic mass is 9.97. The van der Waals surface area contributed by atoms with E-state index in [1.807, 2.05) is 12.1 Å². The molecule has 0 saturated heterocycles. The van der Waals surface area contributed by atoms with Crippen LogP contribution in [0.2, 0.25) is 5.04 Å². The van der Waals surface area contributed by atoms with Crippen LogP contribution < -0.4 is 10.4 Å². The lowest BCUT2D eigenvalue weighted by Gasteiger charge is -2.43. The summed E-state index contributed by atoms with van der Waals surface area (Å²) < 4.78 is 6.95. The summed E-state index contributed by atoms with van der Waals surface area (Å²) in [5.41, 5.74) is 1.19. The van der Waals surface area contributed by atoms with E-state index < -0.39 is 13.9 Å². The third-order valence-corrected chi connectivity index (χ3v) is 10.5. The van der Waals surface area contributed by atoms with Crippen LogP contribution in [0.25, 0.3) is 0 Å². The van der Waals surface area contributed by atoms with Crippen molar-refractivity contribution >= 4 is 18.7 Å². The Kier molecular flexibility index (Phi) is 6.13. The Bertz CT molecular complexity index is 865. The first-order chi connectivity index (χ1) is 13.6. The van der Waals surface area contributed by atoms with Crippen LogP contribution in [0.5, 0.6) is 0 Å². The normalized spacial score (nSPS) is 12.8. The summed E-state index contributed by atoms with van der Waals surface area (Å²) in [6, 6.07) is 29.5. The number of aliphatic hydroxyl groups is 1. The zero-order chi connectivity index (χ0) is 21.1. The van der Waals surface area contributed by atoms with Crippen molar-refractivity contribution in [3.05, 3.63) is 96.1 Å². The van der Waals surface area contributed by atoms with Gasteiger partial charge in [-0.15, -0.1) is 0 Å². The molecule has 3 rings (SSSR count). The van der Waals surface area contributed by atoms with E-state index in [4.69, 9.17) is 4.43 Å². The van der Waals surface area contributed by atoms with E-state index in [1.165, 1.54) is 10.4 Å². The minimum absolute atomic E-state index is 0.0390. The van der Waals surface area contributed by atoms with Gasteiger partial charge in [-0.3, -0.25) is 0 Å². The van der Waals surface area contributed by atoms with E-state index >= 15 is 0 Å². The molecule has 0 spiro atoms. The second kappa shape index (κ2) is 8.27. The number of rotatable bonds is 6. The molecular weight excluding hydrogens is 372 g/mol. The van der Waals surface area contributed by atoms with E-state index in [9.17, 15) is 5.11 Å². The lowest BCUT2D eigenvalue weighted by molar-refractivity contribution is 0.0785. The van der Waals surface area contributed by atoms with Crippen molar-refractivity contribution in [2.24, 2.45) is 0 Å². The highest BCUT2D eigenvalue weighted by Gasteiger charge is 2.50. The Morgan fingerprint density at radius 3 is 1.52 bits per heavy atom. The van der Waals surface area contributed by atoms with Gasteiger partial charge in [-0.1, -0.05) is 106 Å². The zero-order valence-electron chi connectivity index (χ0n) is 18.1. The molecule has 0 atom stereocenters.